The molecule has 0 fully saturated rings. The molecular weight excluding hydrogens is 220 g/mol. The van der Waals surface area contributed by atoms with E-state index in [1.165, 1.54) is 24.0 Å². The summed E-state index contributed by atoms with van der Waals surface area (Å²) in [5.74, 6) is -0.923. The van der Waals surface area contributed by atoms with Gasteiger partial charge in [-0.05, 0) is 19.1 Å². The summed E-state index contributed by atoms with van der Waals surface area (Å²) < 4.78 is 0. The lowest BCUT2D eigenvalue weighted by molar-refractivity contribution is -0.116. The predicted octanol–water partition coefficient (Wildman–Crippen LogP) is 1.63. The molecule has 1 aromatic rings. The first-order valence-electron chi connectivity index (χ1n) is 5.06. The van der Waals surface area contributed by atoms with E-state index in [0.717, 1.165) is 0 Å². The third kappa shape index (κ3) is 3.14. The van der Waals surface area contributed by atoms with Gasteiger partial charge in [-0.1, -0.05) is 6.08 Å². The van der Waals surface area contributed by atoms with E-state index in [9.17, 15) is 9.59 Å². The molecule has 0 aliphatic heterocycles. The van der Waals surface area contributed by atoms with Crippen molar-refractivity contribution < 1.29 is 14.7 Å². The summed E-state index contributed by atoms with van der Waals surface area (Å²) in [6.45, 7) is 6.93. The number of hydrogen-bond acceptors (Lipinski definition) is 3. The molecule has 0 aliphatic rings. The average Bonchev–Trinajstić information content (AvgIpc) is 2.24. The van der Waals surface area contributed by atoms with Crippen molar-refractivity contribution in [2.75, 3.05) is 11.4 Å². The molecule has 1 N–H and O–H groups in total. The van der Waals surface area contributed by atoms with Crippen LogP contribution < -0.4 is 4.90 Å². The van der Waals surface area contributed by atoms with Gasteiger partial charge in [0.15, 0.2) is 0 Å². The molecule has 0 radical (unpaired) electrons. The molecule has 0 saturated heterocycles. The fraction of sp³-hybridized carbons (Fsp3) is 0.250. The zero-order valence-electron chi connectivity index (χ0n) is 9.80. The largest absolute Gasteiger partial charge is 0.478 e. The molecule has 5 nitrogen and oxygen atoms in total. The number of hydrogen-bond donors (Lipinski definition) is 1. The van der Waals surface area contributed by atoms with E-state index in [2.05, 4.69) is 11.6 Å². The van der Waals surface area contributed by atoms with Crippen molar-refractivity contribution >= 4 is 17.7 Å². The van der Waals surface area contributed by atoms with E-state index in [1.807, 2.05) is 0 Å². The van der Waals surface area contributed by atoms with Gasteiger partial charge >= 0.3 is 5.97 Å². The first-order chi connectivity index (χ1) is 7.95. The number of aryl methyl sites for hydroxylation is 1. The van der Waals surface area contributed by atoms with Gasteiger partial charge in [-0.15, -0.1) is 6.58 Å². The summed E-state index contributed by atoms with van der Waals surface area (Å²) in [6, 6.07) is 2.83. The fourth-order valence-corrected chi connectivity index (χ4v) is 1.43. The molecule has 1 rings (SSSR count). The van der Waals surface area contributed by atoms with Crippen LogP contribution in [0.25, 0.3) is 0 Å². The quantitative estimate of drug-likeness (QED) is 0.804. The topological polar surface area (TPSA) is 70.5 Å². The summed E-state index contributed by atoms with van der Waals surface area (Å²) in [5.41, 5.74) is 0.665. The van der Waals surface area contributed by atoms with E-state index < -0.39 is 5.97 Å². The molecule has 0 atom stereocenters. The van der Waals surface area contributed by atoms with Gasteiger partial charge in [0.05, 0.1) is 5.56 Å². The minimum atomic E-state index is -1.04. The van der Waals surface area contributed by atoms with Crippen LogP contribution in [-0.2, 0) is 4.79 Å². The summed E-state index contributed by atoms with van der Waals surface area (Å²) in [7, 11) is 0. The molecule has 17 heavy (non-hydrogen) atoms. The monoisotopic (exact) mass is 234 g/mol. The Labute approximate surface area is 99.4 Å². The third-order valence-electron chi connectivity index (χ3n) is 2.16. The van der Waals surface area contributed by atoms with Crippen LogP contribution in [0, 0.1) is 6.92 Å². The molecule has 0 bridgehead atoms. The smallest absolute Gasteiger partial charge is 0.335 e. The Morgan fingerprint density at radius 3 is 2.65 bits per heavy atom. The van der Waals surface area contributed by atoms with Crippen molar-refractivity contribution in [2.24, 2.45) is 0 Å². The van der Waals surface area contributed by atoms with Crippen LogP contribution in [0.2, 0.25) is 0 Å². The van der Waals surface area contributed by atoms with Crippen LogP contribution in [0.4, 0.5) is 5.82 Å². The zero-order chi connectivity index (χ0) is 13.0. The molecule has 0 saturated carbocycles. The molecule has 1 amide bonds. The van der Waals surface area contributed by atoms with Crippen LogP contribution in [0.15, 0.2) is 24.8 Å². The maximum atomic E-state index is 11.4. The highest BCUT2D eigenvalue weighted by molar-refractivity contribution is 5.93. The van der Waals surface area contributed by atoms with Crippen molar-refractivity contribution in [3.63, 3.8) is 0 Å². The Kier molecular flexibility index (Phi) is 3.98. The number of rotatable bonds is 4. The highest BCUT2D eigenvalue weighted by Crippen LogP contribution is 2.15. The van der Waals surface area contributed by atoms with Crippen LogP contribution in [-0.4, -0.2) is 28.5 Å². The van der Waals surface area contributed by atoms with Gasteiger partial charge in [-0.25, -0.2) is 9.78 Å². The van der Waals surface area contributed by atoms with E-state index in [0.29, 0.717) is 18.1 Å². The Morgan fingerprint density at radius 2 is 2.18 bits per heavy atom. The van der Waals surface area contributed by atoms with Crippen molar-refractivity contribution in [2.45, 2.75) is 13.8 Å². The summed E-state index contributed by atoms with van der Waals surface area (Å²) in [5, 5.41) is 8.93. The average molecular weight is 234 g/mol. The molecule has 5 heteroatoms. The second-order valence-electron chi connectivity index (χ2n) is 3.58. The van der Waals surface area contributed by atoms with Crippen LogP contribution >= 0.6 is 0 Å². The summed E-state index contributed by atoms with van der Waals surface area (Å²) >= 11 is 0. The normalized spacial score (nSPS) is 9.76. The molecule has 0 aliphatic carbocycles. The van der Waals surface area contributed by atoms with Crippen LogP contribution in [0.5, 0.6) is 0 Å². The predicted molar refractivity (Wildman–Crippen MR) is 64.2 cm³/mol. The highest BCUT2D eigenvalue weighted by Gasteiger charge is 2.14. The van der Waals surface area contributed by atoms with Crippen molar-refractivity contribution in [1.82, 2.24) is 4.98 Å². The first kappa shape index (κ1) is 12.9. The molecule has 0 aromatic carbocycles. The van der Waals surface area contributed by atoms with E-state index in [4.69, 9.17) is 5.11 Å². The number of carbonyl (C=O) groups excluding carboxylic acids is 1. The van der Waals surface area contributed by atoms with Gasteiger partial charge in [0.1, 0.15) is 5.82 Å². The number of aromatic nitrogens is 1. The fourth-order valence-electron chi connectivity index (χ4n) is 1.43. The molecular formula is C12H14N2O3. The zero-order valence-corrected chi connectivity index (χ0v) is 9.80. The van der Waals surface area contributed by atoms with Gasteiger partial charge in [-0.3, -0.25) is 9.69 Å². The van der Waals surface area contributed by atoms with Crippen LogP contribution in [0.3, 0.4) is 0 Å². The maximum absolute atomic E-state index is 11.4. The molecule has 0 unspecified atom stereocenters. The summed E-state index contributed by atoms with van der Waals surface area (Å²) in [6.07, 6.45) is 1.56. The van der Waals surface area contributed by atoms with E-state index in [-0.39, 0.29) is 11.5 Å². The standard InChI is InChI=1S/C12H14N2O3/c1-4-5-14(9(3)15)11-7-10(12(16)17)6-8(2)13-11/h4,6-7H,1,5H2,2-3H3,(H,16,17). The lowest BCUT2D eigenvalue weighted by atomic mass is 10.2. The van der Waals surface area contributed by atoms with Crippen molar-refractivity contribution in [3.8, 4) is 0 Å². The van der Waals surface area contributed by atoms with Gasteiger partial charge in [-0.2, -0.15) is 0 Å². The number of pyridine rings is 1. The Morgan fingerprint density at radius 1 is 1.53 bits per heavy atom. The number of nitrogens with zero attached hydrogens (tertiary/aromatic N) is 2. The number of carboxylic acids is 1. The number of carbonyl (C=O) groups is 2. The van der Waals surface area contributed by atoms with Crippen molar-refractivity contribution in [1.29, 1.82) is 0 Å². The lowest BCUT2D eigenvalue weighted by Gasteiger charge is -2.18. The minimum absolute atomic E-state index is 0.114. The van der Waals surface area contributed by atoms with Gasteiger partial charge in [0.25, 0.3) is 0 Å². The maximum Gasteiger partial charge on any atom is 0.335 e. The second-order valence-corrected chi connectivity index (χ2v) is 3.58. The third-order valence-corrected chi connectivity index (χ3v) is 2.16. The number of carboxylic acid groups (broad SMARTS) is 1. The minimum Gasteiger partial charge on any atom is -0.478 e. The van der Waals surface area contributed by atoms with Gasteiger partial charge in [0, 0.05) is 19.2 Å². The second kappa shape index (κ2) is 5.25. The Bertz CT molecular complexity index is 469. The van der Waals surface area contributed by atoms with E-state index in [1.54, 1.807) is 13.0 Å². The van der Waals surface area contributed by atoms with Crippen LogP contribution in [0.1, 0.15) is 23.0 Å². The van der Waals surface area contributed by atoms with Gasteiger partial charge in [0.2, 0.25) is 5.91 Å². The molecule has 1 heterocycles. The lowest BCUT2D eigenvalue weighted by Crippen LogP contribution is -2.29. The Hall–Kier alpha value is -2.17. The number of aromatic carboxylic acids is 1. The van der Waals surface area contributed by atoms with E-state index >= 15 is 0 Å². The van der Waals surface area contributed by atoms with Gasteiger partial charge < -0.3 is 5.11 Å². The summed E-state index contributed by atoms with van der Waals surface area (Å²) in [4.78, 5) is 27.8. The SMILES string of the molecule is C=CCN(C(C)=O)c1cc(C(=O)O)cc(C)n1. The first-order valence-corrected chi connectivity index (χ1v) is 5.06. The molecule has 0 spiro atoms. The highest BCUT2D eigenvalue weighted by atomic mass is 16.4. The Balaban J connectivity index is 3.23. The molecule has 90 valence electrons. The van der Waals surface area contributed by atoms with Crippen molar-refractivity contribution in [3.05, 3.63) is 36.0 Å². The number of anilines is 1. The molecule has 1 aromatic heterocycles. The number of amides is 1.